The van der Waals surface area contributed by atoms with E-state index < -0.39 is 12.0 Å². The number of amides is 1. The summed E-state index contributed by atoms with van der Waals surface area (Å²) in [5.74, 6) is 0.275. The lowest BCUT2D eigenvalue weighted by atomic mass is 9.91. The number of hydrogen-bond acceptors (Lipinski definition) is 6. The van der Waals surface area contributed by atoms with Crippen molar-refractivity contribution in [1.82, 2.24) is 10.3 Å². The van der Waals surface area contributed by atoms with Crippen LogP contribution in [0.3, 0.4) is 0 Å². The van der Waals surface area contributed by atoms with Crippen LogP contribution in [0.1, 0.15) is 33.6 Å². The number of rotatable bonds is 5. The Morgan fingerprint density at radius 1 is 1.24 bits per heavy atom. The molecule has 0 saturated carbocycles. The summed E-state index contributed by atoms with van der Waals surface area (Å²) in [7, 11) is 0. The molecule has 2 atom stereocenters. The van der Waals surface area contributed by atoms with Crippen LogP contribution < -0.4 is 16.0 Å². The number of aromatic nitrogens is 1. The van der Waals surface area contributed by atoms with Crippen molar-refractivity contribution in [3.05, 3.63) is 58.8 Å². The van der Waals surface area contributed by atoms with Gasteiger partial charge in [-0.15, -0.1) is 0 Å². The smallest absolute Gasteiger partial charge is 0.250 e. The van der Waals surface area contributed by atoms with Gasteiger partial charge in [0.1, 0.15) is 5.82 Å². The number of ether oxygens (including phenoxy) is 1. The maximum Gasteiger partial charge on any atom is 0.250 e. The van der Waals surface area contributed by atoms with E-state index in [4.69, 9.17) is 15.5 Å². The lowest BCUT2D eigenvalue weighted by Gasteiger charge is -2.30. The van der Waals surface area contributed by atoms with Gasteiger partial charge in [0.2, 0.25) is 0 Å². The highest BCUT2D eigenvalue weighted by Gasteiger charge is 2.26. The van der Waals surface area contributed by atoms with Crippen molar-refractivity contribution in [3.63, 3.8) is 0 Å². The number of primary amides is 1. The summed E-state index contributed by atoms with van der Waals surface area (Å²) in [4.78, 5) is 18.8. The van der Waals surface area contributed by atoms with Crippen LogP contribution in [0.25, 0.3) is 0 Å². The third-order valence-corrected chi connectivity index (χ3v) is 5.75. The van der Waals surface area contributed by atoms with Crippen LogP contribution in [0, 0.1) is 0 Å². The molecule has 0 bridgehead atoms. The zero-order chi connectivity index (χ0) is 20.2. The minimum Gasteiger partial charge on any atom is -0.391 e. The molecule has 0 aliphatic carbocycles. The summed E-state index contributed by atoms with van der Waals surface area (Å²) in [5.41, 5.74) is 9.00. The fourth-order valence-electron chi connectivity index (χ4n) is 4.11. The quantitative estimate of drug-likeness (QED) is 0.698. The number of aliphatic hydroxyl groups excluding tert-OH is 1. The highest BCUT2D eigenvalue weighted by Crippen LogP contribution is 2.22. The molecule has 7 nitrogen and oxygen atoms in total. The summed E-state index contributed by atoms with van der Waals surface area (Å²) < 4.78 is 5.52. The second kappa shape index (κ2) is 8.90. The SMILES string of the molecule is NC(=O)c1ccc(N2CCCOCC2)nc1C[C@@H](O)[C@@H]1Cc2ccccc2CN1. The molecule has 2 aliphatic heterocycles. The van der Waals surface area contributed by atoms with Gasteiger partial charge in [0, 0.05) is 38.7 Å². The number of anilines is 1. The first-order valence-corrected chi connectivity index (χ1v) is 10.2. The van der Waals surface area contributed by atoms with Gasteiger partial charge in [-0.3, -0.25) is 4.79 Å². The van der Waals surface area contributed by atoms with Crippen LogP contribution in [0.4, 0.5) is 5.82 Å². The molecule has 4 N–H and O–H groups in total. The number of nitrogens with zero attached hydrogens (tertiary/aromatic N) is 2. The molecule has 0 unspecified atom stereocenters. The van der Waals surface area contributed by atoms with Gasteiger partial charge in [-0.1, -0.05) is 24.3 Å². The van der Waals surface area contributed by atoms with E-state index in [0.29, 0.717) is 17.9 Å². The predicted octanol–water partition coefficient (Wildman–Crippen LogP) is 1.03. The first-order valence-electron chi connectivity index (χ1n) is 10.2. The molecule has 2 aliphatic rings. The fraction of sp³-hybridized carbons (Fsp3) is 0.455. The predicted molar refractivity (Wildman–Crippen MR) is 111 cm³/mol. The largest absolute Gasteiger partial charge is 0.391 e. The van der Waals surface area contributed by atoms with Gasteiger partial charge in [0.25, 0.3) is 5.91 Å². The van der Waals surface area contributed by atoms with Crippen molar-refractivity contribution >= 4 is 11.7 Å². The molecule has 1 saturated heterocycles. The van der Waals surface area contributed by atoms with E-state index in [9.17, 15) is 9.90 Å². The molecule has 2 aromatic rings. The molecule has 1 aromatic heterocycles. The number of aliphatic hydroxyl groups is 1. The van der Waals surface area contributed by atoms with Gasteiger partial charge in [-0.25, -0.2) is 4.98 Å². The Labute approximate surface area is 170 Å². The first-order chi connectivity index (χ1) is 14.1. The molecule has 7 heteroatoms. The molecular formula is C22H28N4O3. The number of fused-ring (bicyclic) bond motifs is 1. The molecule has 0 spiro atoms. The monoisotopic (exact) mass is 396 g/mol. The number of hydrogen-bond donors (Lipinski definition) is 3. The van der Waals surface area contributed by atoms with E-state index in [2.05, 4.69) is 22.3 Å². The molecule has 1 aromatic carbocycles. The summed E-state index contributed by atoms with van der Waals surface area (Å²) in [5, 5.41) is 14.3. The number of benzene rings is 1. The van der Waals surface area contributed by atoms with Crippen molar-refractivity contribution in [3.8, 4) is 0 Å². The third kappa shape index (κ3) is 4.58. The lowest BCUT2D eigenvalue weighted by Crippen LogP contribution is -2.45. The summed E-state index contributed by atoms with van der Waals surface area (Å²) in [6.45, 7) is 3.73. The van der Waals surface area contributed by atoms with Gasteiger partial charge in [0.15, 0.2) is 0 Å². The van der Waals surface area contributed by atoms with Gasteiger partial charge in [-0.05, 0) is 36.1 Å². The summed E-state index contributed by atoms with van der Waals surface area (Å²) in [6.07, 6.45) is 1.28. The van der Waals surface area contributed by atoms with Crippen LogP contribution >= 0.6 is 0 Å². The second-order valence-corrected chi connectivity index (χ2v) is 7.71. The Hall–Kier alpha value is -2.48. The Morgan fingerprint density at radius 2 is 2.07 bits per heavy atom. The van der Waals surface area contributed by atoms with E-state index in [1.165, 1.54) is 11.1 Å². The van der Waals surface area contributed by atoms with Crippen LogP contribution in [0.2, 0.25) is 0 Å². The highest BCUT2D eigenvalue weighted by atomic mass is 16.5. The zero-order valence-corrected chi connectivity index (χ0v) is 16.5. The maximum absolute atomic E-state index is 11.9. The Balaban J connectivity index is 1.53. The molecule has 3 heterocycles. The number of nitrogens with one attached hydrogen (secondary N) is 1. The van der Waals surface area contributed by atoms with Crippen molar-refractivity contribution in [2.75, 3.05) is 31.2 Å². The van der Waals surface area contributed by atoms with Gasteiger partial charge in [0.05, 0.1) is 24.0 Å². The standard InChI is InChI=1S/C22H28N4O3/c23-22(28)17-6-7-21(26-8-3-10-29-11-9-26)25-18(17)13-20(27)19-12-15-4-1-2-5-16(15)14-24-19/h1-2,4-7,19-20,24,27H,3,8-14H2,(H2,23,28)/t19-,20+/m0/s1. The van der Waals surface area contributed by atoms with E-state index in [-0.39, 0.29) is 12.5 Å². The first kappa shape index (κ1) is 19.8. The molecule has 0 radical (unpaired) electrons. The van der Waals surface area contributed by atoms with Crippen molar-refractivity contribution < 1.29 is 14.6 Å². The number of pyridine rings is 1. The Bertz CT molecular complexity index is 865. The summed E-state index contributed by atoms with van der Waals surface area (Å²) in [6, 6.07) is 11.7. The molecule has 1 fully saturated rings. The van der Waals surface area contributed by atoms with Crippen molar-refractivity contribution in [2.24, 2.45) is 5.73 Å². The molecular weight excluding hydrogens is 368 g/mol. The lowest BCUT2D eigenvalue weighted by molar-refractivity contribution is 0.0994. The second-order valence-electron chi connectivity index (χ2n) is 7.71. The number of nitrogens with two attached hydrogens (primary N) is 1. The van der Waals surface area contributed by atoms with Crippen LogP contribution in [-0.4, -0.2) is 54.4 Å². The Morgan fingerprint density at radius 3 is 2.90 bits per heavy atom. The van der Waals surface area contributed by atoms with E-state index >= 15 is 0 Å². The third-order valence-electron chi connectivity index (χ3n) is 5.75. The van der Waals surface area contributed by atoms with Gasteiger partial charge < -0.3 is 25.8 Å². The minimum absolute atomic E-state index is 0.0948. The van der Waals surface area contributed by atoms with E-state index in [1.807, 2.05) is 18.2 Å². The van der Waals surface area contributed by atoms with Gasteiger partial charge >= 0.3 is 0 Å². The fourth-order valence-corrected chi connectivity index (χ4v) is 4.11. The minimum atomic E-state index is -0.670. The molecule has 29 heavy (non-hydrogen) atoms. The maximum atomic E-state index is 11.9. The topological polar surface area (TPSA) is 101 Å². The summed E-state index contributed by atoms with van der Waals surface area (Å²) >= 11 is 0. The zero-order valence-electron chi connectivity index (χ0n) is 16.5. The van der Waals surface area contributed by atoms with Gasteiger partial charge in [-0.2, -0.15) is 0 Å². The van der Waals surface area contributed by atoms with Crippen LogP contribution in [0.15, 0.2) is 36.4 Å². The average Bonchev–Trinajstić information content (AvgIpc) is 3.02. The average molecular weight is 396 g/mol. The molecule has 4 rings (SSSR count). The van der Waals surface area contributed by atoms with Crippen molar-refractivity contribution in [2.45, 2.75) is 38.0 Å². The Kier molecular flexibility index (Phi) is 6.08. The normalized spacial score (nSPS) is 20.6. The van der Waals surface area contributed by atoms with Crippen LogP contribution in [0.5, 0.6) is 0 Å². The van der Waals surface area contributed by atoms with Crippen LogP contribution in [-0.2, 0) is 24.1 Å². The van der Waals surface area contributed by atoms with Crippen molar-refractivity contribution in [1.29, 1.82) is 0 Å². The molecule has 1 amide bonds. The number of carbonyl (C=O) groups is 1. The highest BCUT2D eigenvalue weighted by molar-refractivity contribution is 5.94. The number of carbonyl (C=O) groups excluding carboxylic acids is 1. The van der Waals surface area contributed by atoms with E-state index in [0.717, 1.165) is 44.9 Å². The molecule has 154 valence electrons. The van der Waals surface area contributed by atoms with E-state index in [1.54, 1.807) is 6.07 Å².